The number of pyridine rings is 1. The summed E-state index contributed by atoms with van der Waals surface area (Å²) in [6.45, 7) is 0.698. The van der Waals surface area contributed by atoms with E-state index in [1.54, 1.807) is 6.08 Å². The minimum absolute atomic E-state index is 0.0764. The minimum atomic E-state index is -0.0804. The van der Waals surface area contributed by atoms with Crippen LogP contribution in [0.25, 0.3) is 22.8 Å². The van der Waals surface area contributed by atoms with E-state index in [1.165, 1.54) is 6.08 Å². The maximum Gasteiger partial charge on any atom is 0.247 e. The molecule has 1 aromatic carbocycles. The molecule has 7 heteroatoms. The quantitative estimate of drug-likeness (QED) is 0.525. The second-order valence-electron chi connectivity index (χ2n) is 6.53. The summed E-state index contributed by atoms with van der Waals surface area (Å²) in [5.41, 5.74) is 2.27. The summed E-state index contributed by atoms with van der Waals surface area (Å²) >= 11 is 0. The van der Waals surface area contributed by atoms with Crippen LogP contribution in [0.15, 0.2) is 59.2 Å². The molecule has 1 aliphatic rings. The number of nitrogens with zero attached hydrogens (tertiary/aromatic N) is 5. The van der Waals surface area contributed by atoms with Gasteiger partial charge in [0.1, 0.15) is 5.52 Å². The summed E-state index contributed by atoms with van der Waals surface area (Å²) in [5, 5.41) is 8.53. The van der Waals surface area contributed by atoms with Gasteiger partial charge in [0.25, 0.3) is 0 Å². The van der Waals surface area contributed by atoms with Crippen LogP contribution in [0.2, 0.25) is 0 Å². The van der Waals surface area contributed by atoms with Crippen LogP contribution in [-0.2, 0) is 4.79 Å². The van der Waals surface area contributed by atoms with Crippen LogP contribution in [0.4, 0.5) is 0 Å². The van der Waals surface area contributed by atoms with E-state index in [0.717, 1.165) is 29.8 Å². The normalized spacial score (nSPS) is 17.5. The molecule has 27 heavy (non-hydrogen) atoms. The summed E-state index contributed by atoms with van der Waals surface area (Å²) in [7, 11) is 0. The lowest BCUT2D eigenvalue weighted by molar-refractivity contribution is -0.127. The Morgan fingerprint density at radius 1 is 1.15 bits per heavy atom. The number of hydrogen-bond acceptors (Lipinski definition) is 5. The van der Waals surface area contributed by atoms with E-state index in [4.69, 9.17) is 4.42 Å². The predicted molar refractivity (Wildman–Crippen MR) is 99.7 cm³/mol. The number of aromatic nitrogens is 4. The molecule has 4 aromatic rings. The number of benzene rings is 1. The standard InChI is InChI=1S/C20H17N5O2/c26-19(11-10-18-21-14-6-1-2-8-16(14)27-18)24-13-5-7-15(24)20-23-22-17-9-3-4-12-25(17)20/h1-4,6,8-12,15H,5,7,13H2/b11-10-/t15-/m0/s1. The predicted octanol–water partition coefficient (Wildman–Crippen LogP) is 3.25. The monoisotopic (exact) mass is 359 g/mol. The average Bonchev–Trinajstić information content (AvgIpc) is 3.42. The summed E-state index contributed by atoms with van der Waals surface area (Å²) in [5.74, 6) is 1.15. The van der Waals surface area contributed by atoms with Crippen LogP contribution >= 0.6 is 0 Å². The van der Waals surface area contributed by atoms with Crippen molar-refractivity contribution in [2.24, 2.45) is 0 Å². The van der Waals surface area contributed by atoms with Gasteiger partial charge in [-0.3, -0.25) is 9.20 Å². The van der Waals surface area contributed by atoms with Gasteiger partial charge in [-0.2, -0.15) is 0 Å². The van der Waals surface area contributed by atoms with E-state index in [-0.39, 0.29) is 11.9 Å². The minimum Gasteiger partial charge on any atom is -0.437 e. The molecule has 0 unspecified atom stereocenters. The van der Waals surface area contributed by atoms with Gasteiger partial charge in [0, 0.05) is 24.9 Å². The molecule has 7 nitrogen and oxygen atoms in total. The lowest BCUT2D eigenvalue weighted by atomic mass is 10.2. The van der Waals surface area contributed by atoms with Crippen LogP contribution in [-0.4, -0.2) is 36.9 Å². The molecule has 0 saturated carbocycles. The topological polar surface area (TPSA) is 76.5 Å². The van der Waals surface area contributed by atoms with Crippen molar-refractivity contribution < 1.29 is 9.21 Å². The van der Waals surface area contributed by atoms with Gasteiger partial charge in [-0.05, 0) is 37.1 Å². The highest BCUT2D eigenvalue weighted by Crippen LogP contribution is 2.31. The zero-order valence-corrected chi connectivity index (χ0v) is 14.5. The van der Waals surface area contributed by atoms with E-state index < -0.39 is 0 Å². The van der Waals surface area contributed by atoms with Gasteiger partial charge in [-0.1, -0.05) is 18.2 Å². The second kappa shape index (κ2) is 6.35. The molecule has 0 radical (unpaired) electrons. The van der Waals surface area contributed by atoms with Gasteiger partial charge in [0.2, 0.25) is 11.8 Å². The number of rotatable bonds is 3. The zero-order chi connectivity index (χ0) is 18.2. The third-order valence-electron chi connectivity index (χ3n) is 4.85. The molecule has 1 atom stereocenters. The summed E-state index contributed by atoms with van der Waals surface area (Å²) in [6.07, 6.45) is 6.89. The van der Waals surface area contributed by atoms with Gasteiger partial charge in [-0.25, -0.2) is 4.98 Å². The first kappa shape index (κ1) is 15.7. The van der Waals surface area contributed by atoms with E-state index >= 15 is 0 Å². The van der Waals surface area contributed by atoms with Crippen molar-refractivity contribution >= 4 is 28.7 Å². The Morgan fingerprint density at radius 3 is 2.96 bits per heavy atom. The Hall–Kier alpha value is -3.48. The van der Waals surface area contributed by atoms with Crippen molar-refractivity contribution in [3.8, 4) is 0 Å². The van der Waals surface area contributed by atoms with Crippen molar-refractivity contribution in [3.63, 3.8) is 0 Å². The maximum atomic E-state index is 12.8. The molecule has 5 rings (SSSR count). The van der Waals surface area contributed by atoms with E-state index in [0.29, 0.717) is 18.0 Å². The van der Waals surface area contributed by atoms with Gasteiger partial charge in [0.15, 0.2) is 17.1 Å². The molecular weight excluding hydrogens is 342 g/mol. The van der Waals surface area contributed by atoms with Gasteiger partial charge >= 0.3 is 0 Å². The fourth-order valence-corrected chi connectivity index (χ4v) is 3.59. The second-order valence-corrected chi connectivity index (χ2v) is 6.53. The van der Waals surface area contributed by atoms with Crippen molar-refractivity contribution in [2.75, 3.05) is 6.54 Å². The lowest BCUT2D eigenvalue weighted by Gasteiger charge is -2.21. The summed E-state index contributed by atoms with van der Waals surface area (Å²) < 4.78 is 7.59. The molecule has 0 N–H and O–H groups in total. The molecule has 1 amide bonds. The third kappa shape index (κ3) is 2.77. The number of fused-ring (bicyclic) bond motifs is 2. The van der Waals surface area contributed by atoms with Crippen LogP contribution in [0.1, 0.15) is 30.6 Å². The molecule has 134 valence electrons. The molecule has 3 aromatic heterocycles. The fourth-order valence-electron chi connectivity index (χ4n) is 3.59. The van der Waals surface area contributed by atoms with Crippen LogP contribution < -0.4 is 0 Å². The number of oxazole rings is 1. The van der Waals surface area contributed by atoms with E-state index in [2.05, 4.69) is 15.2 Å². The molecule has 0 bridgehead atoms. The summed E-state index contributed by atoms with van der Waals surface area (Å²) in [6, 6.07) is 13.2. The molecule has 1 aliphatic heterocycles. The highest BCUT2D eigenvalue weighted by Gasteiger charge is 2.32. The first-order valence-corrected chi connectivity index (χ1v) is 8.93. The SMILES string of the molecule is O=C(/C=C\c1nc2ccccc2o1)N1CCC[C@H]1c1nnc2ccccn12. The number of carbonyl (C=O) groups is 1. The number of carbonyl (C=O) groups excluding carboxylic acids is 1. The largest absolute Gasteiger partial charge is 0.437 e. The Morgan fingerprint density at radius 2 is 2.04 bits per heavy atom. The number of para-hydroxylation sites is 2. The average molecular weight is 359 g/mol. The molecule has 0 spiro atoms. The Balaban J connectivity index is 1.40. The summed E-state index contributed by atoms with van der Waals surface area (Å²) in [4.78, 5) is 19.0. The number of likely N-dealkylation sites (tertiary alicyclic amines) is 1. The van der Waals surface area contributed by atoms with Gasteiger partial charge in [-0.15, -0.1) is 10.2 Å². The van der Waals surface area contributed by atoms with E-state index in [1.807, 2.05) is 58.0 Å². The van der Waals surface area contributed by atoms with Crippen molar-refractivity contribution in [1.29, 1.82) is 0 Å². The lowest BCUT2D eigenvalue weighted by Crippen LogP contribution is -2.30. The molecule has 4 heterocycles. The molecule has 1 fully saturated rings. The van der Waals surface area contributed by atoms with Crippen molar-refractivity contribution in [2.45, 2.75) is 18.9 Å². The first-order chi connectivity index (χ1) is 13.3. The molecular formula is C20H17N5O2. The van der Waals surface area contributed by atoms with E-state index in [9.17, 15) is 4.79 Å². The van der Waals surface area contributed by atoms with Crippen LogP contribution in [0, 0.1) is 0 Å². The van der Waals surface area contributed by atoms with Gasteiger partial charge in [0.05, 0.1) is 6.04 Å². The zero-order valence-electron chi connectivity index (χ0n) is 14.5. The van der Waals surface area contributed by atoms with Crippen molar-refractivity contribution in [3.05, 3.63) is 66.5 Å². The fraction of sp³-hybridized carbons (Fsp3) is 0.200. The molecule has 1 saturated heterocycles. The smallest absolute Gasteiger partial charge is 0.247 e. The highest BCUT2D eigenvalue weighted by atomic mass is 16.3. The third-order valence-corrected chi connectivity index (χ3v) is 4.85. The Bertz CT molecular complexity index is 1130. The maximum absolute atomic E-state index is 12.8. The number of amides is 1. The van der Waals surface area contributed by atoms with Gasteiger partial charge < -0.3 is 9.32 Å². The Labute approximate surface area is 154 Å². The van der Waals surface area contributed by atoms with Crippen molar-refractivity contribution in [1.82, 2.24) is 24.5 Å². The first-order valence-electron chi connectivity index (χ1n) is 8.93. The van der Waals surface area contributed by atoms with Crippen LogP contribution in [0.3, 0.4) is 0 Å². The Kier molecular flexibility index (Phi) is 3.71. The highest BCUT2D eigenvalue weighted by molar-refractivity contribution is 5.92. The number of hydrogen-bond donors (Lipinski definition) is 0. The molecule has 0 aliphatic carbocycles. The van der Waals surface area contributed by atoms with Crippen LogP contribution in [0.5, 0.6) is 0 Å².